The number of amides is 2. The van der Waals surface area contributed by atoms with Gasteiger partial charge in [0.15, 0.2) is 0 Å². The highest BCUT2D eigenvalue weighted by molar-refractivity contribution is 5.89. The molecule has 2 aromatic rings. The third kappa shape index (κ3) is 4.14. The van der Waals surface area contributed by atoms with Crippen molar-refractivity contribution >= 4 is 11.7 Å². The van der Waals surface area contributed by atoms with Gasteiger partial charge < -0.3 is 15.1 Å². The van der Waals surface area contributed by atoms with Crippen LogP contribution in [0.2, 0.25) is 0 Å². The SMILES string of the molecule is CN1CCC[C@H](CN(C)C(=O)Nc2ccc(-c3ccn[nH]3)cc2)C1. The van der Waals surface area contributed by atoms with E-state index in [1.165, 1.54) is 12.8 Å². The van der Waals surface area contributed by atoms with Crippen LogP contribution in [0.3, 0.4) is 0 Å². The molecule has 1 aliphatic rings. The molecular weight excluding hydrogens is 302 g/mol. The minimum absolute atomic E-state index is 0.0579. The number of rotatable bonds is 4. The van der Waals surface area contributed by atoms with Gasteiger partial charge in [0.05, 0.1) is 5.69 Å². The monoisotopic (exact) mass is 327 g/mol. The standard InChI is InChI=1S/C18H25N5O/c1-22-11-3-4-14(12-22)13-23(2)18(24)20-16-7-5-15(6-8-16)17-9-10-19-21-17/h5-10,14H,3-4,11-13H2,1-2H3,(H,19,21)(H,20,24)/t14-/m0/s1. The van der Waals surface area contributed by atoms with Gasteiger partial charge in [-0.05, 0) is 56.1 Å². The van der Waals surface area contributed by atoms with Crippen molar-refractivity contribution in [1.29, 1.82) is 0 Å². The Bertz CT molecular complexity index is 653. The summed E-state index contributed by atoms with van der Waals surface area (Å²) in [5.74, 6) is 0.558. The smallest absolute Gasteiger partial charge is 0.321 e. The van der Waals surface area contributed by atoms with Crippen molar-refractivity contribution in [3.8, 4) is 11.3 Å². The predicted molar refractivity (Wildman–Crippen MR) is 95.9 cm³/mol. The third-order valence-electron chi connectivity index (χ3n) is 4.55. The summed E-state index contributed by atoms with van der Waals surface area (Å²) in [7, 11) is 4.01. The number of hydrogen-bond acceptors (Lipinski definition) is 3. The first-order chi connectivity index (χ1) is 11.6. The highest BCUT2D eigenvalue weighted by atomic mass is 16.2. The summed E-state index contributed by atoms with van der Waals surface area (Å²) in [5, 5.41) is 9.84. The van der Waals surface area contributed by atoms with Gasteiger partial charge in [0.1, 0.15) is 0 Å². The van der Waals surface area contributed by atoms with E-state index < -0.39 is 0 Å². The van der Waals surface area contributed by atoms with Gasteiger partial charge in [0, 0.05) is 32.0 Å². The molecule has 0 saturated carbocycles. The maximum absolute atomic E-state index is 12.4. The van der Waals surface area contributed by atoms with Crippen molar-refractivity contribution in [2.24, 2.45) is 5.92 Å². The summed E-state index contributed by atoms with van der Waals surface area (Å²) in [6, 6.07) is 9.63. The highest BCUT2D eigenvalue weighted by Crippen LogP contribution is 2.20. The fraction of sp³-hybridized carbons (Fsp3) is 0.444. The number of anilines is 1. The maximum atomic E-state index is 12.4. The van der Waals surface area contributed by atoms with E-state index in [4.69, 9.17) is 0 Å². The van der Waals surface area contributed by atoms with Crippen LogP contribution in [0.4, 0.5) is 10.5 Å². The number of piperidine rings is 1. The van der Waals surface area contributed by atoms with Gasteiger partial charge in [-0.25, -0.2) is 4.79 Å². The number of nitrogens with one attached hydrogen (secondary N) is 2. The van der Waals surface area contributed by atoms with Crippen LogP contribution >= 0.6 is 0 Å². The van der Waals surface area contributed by atoms with E-state index in [0.29, 0.717) is 5.92 Å². The lowest BCUT2D eigenvalue weighted by Crippen LogP contribution is -2.41. The topological polar surface area (TPSA) is 64.3 Å². The zero-order valence-electron chi connectivity index (χ0n) is 14.3. The Balaban J connectivity index is 1.54. The quantitative estimate of drug-likeness (QED) is 0.907. The zero-order chi connectivity index (χ0) is 16.9. The summed E-state index contributed by atoms with van der Waals surface area (Å²) in [6.45, 7) is 3.02. The molecule has 0 unspecified atom stereocenters. The Morgan fingerprint density at radius 2 is 2.17 bits per heavy atom. The van der Waals surface area contributed by atoms with Gasteiger partial charge in [-0.2, -0.15) is 5.10 Å². The Morgan fingerprint density at radius 1 is 1.38 bits per heavy atom. The number of aromatic nitrogens is 2. The molecule has 1 atom stereocenters. The molecule has 2 amide bonds. The van der Waals surface area contributed by atoms with E-state index in [2.05, 4.69) is 27.5 Å². The number of carbonyl (C=O) groups excluding carboxylic acids is 1. The van der Waals surface area contributed by atoms with Crippen molar-refractivity contribution in [2.75, 3.05) is 39.0 Å². The first-order valence-corrected chi connectivity index (χ1v) is 8.42. The van der Waals surface area contributed by atoms with E-state index in [-0.39, 0.29) is 6.03 Å². The van der Waals surface area contributed by atoms with Crippen LogP contribution in [-0.2, 0) is 0 Å². The minimum Gasteiger partial charge on any atom is -0.327 e. The number of aromatic amines is 1. The molecule has 0 bridgehead atoms. The normalized spacial score (nSPS) is 18.3. The molecule has 2 heterocycles. The summed E-state index contributed by atoms with van der Waals surface area (Å²) >= 11 is 0. The van der Waals surface area contributed by atoms with E-state index in [9.17, 15) is 4.79 Å². The molecule has 1 fully saturated rings. The number of likely N-dealkylation sites (tertiary alicyclic amines) is 1. The van der Waals surface area contributed by atoms with E-state index in [1.807, 2.05) is 37.4 Å². The number of benzene rings is 1. The predicted octanol–water partition coefficient (Wildman–Crippen LogP) is 2.88. The molecular formula is C18H25N5O. The number of H-pyrrole nitrogens is 1. The highest BCUT2D eigenvalue weighted by Gasteiger charge is 2.20. The van der Waals surface area contributed by atoms with E-state index in [0.717, 1.165) is 36.6 Å². The fourth-order valence-corrected chi connectivity index (χ4v) is 3.26. The molecule has 6 nitrogen and oxygen atoms in total. The molecule has 1 saturated heterocycles. The molecule has 0 spiro atoms. The van der Waals surface area contributed by atoms with Crippen molar-refractivity contribution in [1.82, 2.24) is 20.0 Å². The average Bonchev–Trinajstić information content (AvgIpc) is 3.10. The van der Waals surface area contributed by atoms with Gasteiger partial charge in [-0.1, -0.05) is 12.1 Å². The van der Waals surface area contributed by atoms with Gasteiger partial charge in [-0.3, -0.25) is 5.10 Å². The van der Waals surface area contributed by atoms with Crippen molar-refractivity contribution in [2.45, 2.75) is 12.8 Å². The second kappa shape index (κ2) is 7.49. The lowest BCUT2D eigenvalue weighted by Gasteiger charge is -2.32. The number of carbonyl (C=O) groups is 1. The van der Waals surface area contributed by atoms with Crippen LogP contribution in [0.5, 0.6) is 0 Å². The van der Waals surface area contributed by atoms with E-state index >= 15 is 0 Å². The number of hydrogen-bond donors (Lipinski definition) is 2. The summed E-state index contributed by atoms with van der Waals surface area (Å²) < 4.78 is 0. The molecule has 6 heteroatoms. The fourth-order valence-electron chi connectivity index (χ4n) is 3.26. The van der Waals surface area contributed by atoms with Gasteiger partial charge >= 0.3 is 6.03 Å². The molecule has 3 rings (SSSR count). The van der Waals surface area contributed by atoms with Crippen LogP contribution < -0.4 is 5.32 Å². The Kier molecular flexibility index (Phi) is 5.15. The Morgan fingerprint density at radius 3 is 2.83 bits per heavy atom. The molecule has 1 aromatic carbocycles. The second-order valence-electron chi connectivity index (χ2n) is 6.63. The van der Waals surface area contributed by atoms with Gasteiger partial charge in [-0.15, -0.1) is 0 Å². The second-order valence-corrected chi connectivity index (χ2v) is 6.63. The largest absolute Gasteiger partial charge is 0.327 e. The van der Waals surface area contributed by atoms with Crippen LogP contribution in [0, 0.1) is 5.92 Å². The Hall–Kier alpha value is -2.34. The molecule has 1 aliphatic heterocycles. The van der Waals surface area contributed by atoms with Gasteiger partial charge in [0.2, 0.25) is 0 Å². The van der Waals surface area contributed by atoms with Crippen LogP contribution in [0.1, 0.15) is 12.8 Å². The summed E-state index contributed by atoms with van der Waals surface area (Å²) in [5.41, 5.74) is 2.81. The molecule has 128 valence electrons. The molecule has 1 aromatic heterocycles. The molecule has 2 N–H and O–H groups in total. The van der Waals surface area contributed by atoms with Crippen LogP contribution in [0.15, 0.2) is 36.5 Å². The number of urea groups is 1. The number of nitrogens with zero attached hydrogens (tertiary/aromatic N) is 3. The average molecular weight is 327 g/mol. The summed E-state index contributed by atoms with van der Waals surface area (Å²) in [4.78, 5) is 16.5. The van der Waals surface area contributed by atoms with Crippen LogP contribution in [-0.4, -0.2) is 59.8 Å². The minimum atomic E-state index is -0.0579. The Labute approximate surface area is 142 Å². The van der Waals surface area contributed by atoms with Crippen molar-refractivity contribution in [3.63, 3.8) is 0 Å². The first kappa shape index (κ1) is 16.5. The molecule has 24 heavy (non-hydrogen) atoms. The molecule has 0 radical (unpaired) electrons. The van der Waals surface area contributed by atoms with Crippen molar-refractivity contribution in [3.05, 3.63) is 36.5 Å². The lowest BCUT2D eigenvalue weighted by molar-refractivity contribution is 0.170. The lowest BCUT2D eigenvalue weighted by atomic mass is 9.98. The van der Waals surface area contributed by atoms with E-state index in [1.54, 1.807) is 11.1 Å². The van der Waals surface area contributed by atoms with Crippen molar-refractivity contribution < 1.29 is 4.79 Å². The third-order valence-corrected chi connectivity index (χ3v) is 4.55. The summed E-state index contributed by atoms with van der Waals surface area (Å²) in [6.07, 6.45) is 4.13. The molecule has 0 aliphatic carbocycles. The zero-order valence-corrected chi connectivity index (χ0v) is 14.3. The van der Waals surface area contributed by atoms with Crippen LogP contribution in [0.25, 0.3) is 11.3 Å². The maximum Gasteiger partial charge on any atom is 0.321 e. The first-order valence-electron chi connectivity index (χ1n) is 8.42. The van der Waals surface area contributed by atoms with Gasteiger partial charge in [0.25, 0.3) is 0 Å².